The van der Waals surface area contributed by atoms with Crippen LogP contribution in [0.25, 0.3) is 6.08 Å². The monoisotopic (exact) mass is 277 g/mol. The van der Waals surface area contributed by atoms with Crippen molar-refractivity contribution in [2.24, 2.45) is 0 Å². The van der Waals surface area contributed by atoms with Crippen LogP contribution in [0.2, 0.25) is 0 Å². The number of hydrogen-bond donors (Lipinski definition) is 1. The lowest BCUT2D eigenvalue weighted by molar-refractivity contribution is -0.131. The molecule has 18 heavy (non-hydrogen) atoms. The second kappa shape index (κ2) is 6.37. The molecule has 2 aromatic rings. The Kier molecular flexibility index (Phi) is 4.55. The fourth-order valence-corrected chi connectivity index (χ4v) is 3.06. The number of benzene rings is 1. The SMILES string of the molecule is O=C(O)C=Cc1ccccc1CSc1nccs1. The predicted molar refractivity (Wildman–Crippen MR) is 74.8 cm³/mol. The van der Waals surface area contributed by atoms with Crippen molar-refractivity contribution in [3.8, 4) is 0 Å². The summed E-state index contributed by atoms with van der Waals surface area (Å²) in [6.45, 7) is 0. The summed E-state index contributed by atoms with van der Waals surface area (Å²) in [5.74, 6) is -0.148. The highest BCUT2D eigenvalue weighted by Gasteiger charge is 2.02. The zero-order valence-electron chi connectivity index (χ0n) is 9.45. The average Bonchev–Trinajstić information content (AvgIpc) is 2.88. The van der Waals surface area contributed by atoms with Gasteiger partial charge in [-0.1, -0.05) is 36.0 Å². The van der Waals surface area contributed by atoms with Crippen molar-refractivity contribution in [3.63, 3.8) is 0 Å². The number of aliphatic carboxylic acids is 1. The van der Waals surface area contributed by atoms with E-state index in [4.69, 9.17) is 5.11 Å². The van der Waals surface area contributed by atoms with E-state index in [9.17, 15) is 4.79 Å². The van der Waals surface area contributed by atoms with Gasteiger partial charge in [-0.05, 0) is 17.2 Å². The van der Waals surface area contributed by atoms with Gasteiger partial charge in [0.05, 0.1) is 0 Å². The van der Waals surface area contributed by atoms with E-state index >= 15 is 0 Å². The van der Waals surface area contributed by atoms with E-state index in [-0.39, 0.29) is 0 Å². The molecule has 1 heterocycles. The highest BCUT2D eigenvalue weighted by atomic mass is 32.2. The standard InChI is InChI=1S/C13H11NO2S2/c15-12(16)6-5-10-3-1-2-4-11(10)9-18-13-14-7-8-17-13/h1-8H,9H2,(H,15,16). The van der Waals surface area contributed by atoms with E-state index < -0.39 is 5.97 Å². The van der Waals surface area contributed by atoms with Gasteiger partial charge in [-0.3, -0.25) is 0 Å². The lowest BCUT2D eigenvalue weighted by Gasteiger charge is -2.03. The first kappa shape index (κ1) is 12.9. The Morgan fingerprint density at radius 1 is 1.44 bits per heavy atom. The number of aromatic nitrogens is 1. The average molecular weight is 277 g/mol. The van der Waals surface area contributed by atoms with Crippen molar-refractivity contribution in [2.75, 3.05) is 0 Å². The third kappa shape index (κ3) is 3.72. The van der Waals surface area contributed by atoms with Gasteiger partial charge in [-0.2, -0.15) is 0 Å². The molecule has 1 aromatic heterocycles. The van der Waals surface area contributed by atoms with Crippen LogP contribution in [0.3, 0.4) is 0 Å². The van der Waals surface area contributed by atoms with E-state index in [1.165, 1.54) is 0 Å². The third-order valence-electron chi connectivity index (χ3n) is 2.22. The van der Waals surface area contributed by atoms with Crippen LogP contribution in [-0.4, -0.2) is 16.1 Å². The Labute approximate surface area is 113 Å². The molecule has 0 saturated carbocycles. The molecule has 1 N–H and O–H groups in total. The molecule has 0 unspecified atom stereocenters. The summed E-state index contributed by atoms with van der Waals surface area (Å²) in [6.07, 6.45) is 4.57. The fraction of sp³-hybridized carbons (Fsp3) is 0.0769. The van der Waals surface area contributed by atoms with Crippen LogP contribution in [0.5, 0.6) is 0 Å². The zero-order valence-corrected chi connectivity index (χ0v) is 11.1. The minimum absolute atomic E-state index is 0.785. The van der Waals surface area contributed by atoms with Crippen LogP contribution in [0.15, 0.2) is 46.3 Å². The largest absolute Gasteiger partial charge is 0.478 e. The minimum Gasteiger partial charge on any atom is -0.478 e. The second-order valence-corrected chi connectivity index (χ2v) is 5.57. The van der Waals surface area contributed by atoms with Gasteiger partial charge in [-0.25, -0.2) is 9.78 Å². The highest BCUT2D eigenvalue weighted by Crippen LogP contribution is 2.26. The fourth-order valence-electron chi connectivity index (χ4n) is 1.41. The Bertz CT molecular complexity index is 550. The van der Waals surface area contributed by atoms with Gasteiger partial charge in [-0.15, -0.1) is 11.3 Å². The summed E-state index contributed by atoms with van der Waals surface area (Å²) >= 11 is 3.26. The van der Waals surface area contributed by atoms with Gasteiger partial charge >= 0.3 is 5.97 Å². The molecule has 1 aromatic carbocycles. The Hall–Kier alpha value is -1.59. The predicted octanol–water partition coefficient (Wildman–Crippen LogP) is 3.53. The van der Waals surface area contributed by atoms with Crippen LogP contribution < -0.4 is 0 Å². The van der Waals surface area contributed by atoms with E-state index in [2.05, 4.69) is 4.98 Å². The number of thioether (sulfide) groups is 1. The van der Waals surface area contributed by atoms with Crippen molar-refractivity contribution in [1.82, 2.24) is 4.98 Å². The Morgan fingerprint density at radius 2 is 2.28 bits per heavy atom. The maximum atomic E-state index is 10.5. The van der Waals surface area contributed by atoms with E-state index in [0.717, 1.165) is 27.3 Å². The minimum atomic E-state index is -0.933. The maximum Gasteiger partial charge on any atom is 0.328 e. The second-order valence-electron chi connectivity index (χ2n) is 3.46. The normalized spacial score (nSPS) is 10.9. The molecule has 0 aliphatic heterocycles. The molecule has 0 saturated heterocycles. The molecular weight excluding hydrogens is 266 g/mol. The summed E-state index contributed by atoms with van der Waals surface area (Å²) in [5, 5.41) is 10.6. The van der Waals surface area contributed by atoms with Crippen LogP contribution in [0.4, 0.5) is 0 Å². The quantitative estimate of drug-likeness (QED) is 0.671. The number of carboxylic acid groups (broad SMARTS) is 1. The highest BCUT2D eigenvalue weighted by molar-refractivity contribution is 8.00. The number of hydrogen-bond acceptors (Lipinski definition) is 4. The van der Waals surface area contributed by atoms with Gasteiger partial charge in [0.25, 0.3) is 0 Å². The molecule has 0 aliphatic carbocycles. The first-order valence-corrected chi connectivity index (χ1v) is 7.13. The van der Waals surface area contributed by atoms with E-state index in [1.54, 1.807) is 35.4 Å². The maximum absolute atomic E-state index is 10.5. The summed E-state index contributed by atoms with van der Waals surface area (Å²) in [7, 11) is 0. The molecule has 0 fully saturated rings. The number of thiazole rings is 1. The van der Waals surface area contributed by atoms with Gasteiger partial charge in [0.1, 0.15) is 4.34 Å². The molecule has 0 amide bonds. The van der Waals surface area contributed by atoms with Gasteiger partial charge < -0.3 is 5.11 Å². The number of carbonyl (C=O) groups is 1. The van der Waals surface area contributed by atoms with Crippen LogP contribution >= 0.6 is 23.1 Å². The van der Waals surface area contributed by atoms with Crippen LogP contribution in [0.1, 0.15) is 11.1 Å². The molecule has 0 atom stereocenters. The lowest BCUT2D eigenvalue weighted by Crippen LogP contribution is -1.89. The first-order chi connectivity index (χ1) is 8.75. The zero-order chi connectivity index (χ0) is 12.8. The summed E-state index contributed by atoms with van der Waals surface area (Å²) in [5.41, 5.74) is 2.04. The molecule has 3 nitrogen and oxygen atoms in total. The van der Waals surface area contributed by atoms with E-state index in [1.807, 2.05) is 29.6 Å². The topological polar surface area (TPSA) is 50.2 Å². The molecular formula is C13H11NO2S2. The smallest absolute Gasteiger partial charge is 0.328 e. The van der Waals surface area contributed by atoms with Gasteiger partial charge in [0.2, 0.25) is 0 Å². The Morgan fingerprint density at radius 3 is 3.00 bits per heavy atom. The molecule has 92 valence electrons. The van der Waals surface area contributed by atoms with Crippen molar-refractivity contribution in [3.05, 3.63) is 53.0 Å². The van der Waals surface area contributed by atoms with Gasteiger partial charge in [0.15, 0.2) is 0 Å². The van der Waals surface area contributed by atoms with Crippen molar-refractivity contribution >= 4 is 35.1 Å². The summed E-state index contributed by atoms with van der Waals surface area (Å²) in [6, 6.07) is 7.77. The van der Waals surface area contributed by atoms with Crippen LogP contribution in [-0.2, 0) is 10.5 Å². The number of rotatable bonds is 5. The number of nitrogens with zero attached hydrogens (tertiary/aromatic N) is 1. The Balaban J connectivity index is 2.09. The molecule has 0 spiro atoms. The summed E-state index contributed by atoms with van der Waals surface area (Å²) in [4.78, 5) is 14.7. The summed E-state index contributed by atoms with van der Waals surface area (Å²) < 4.78 is 1.02. The first-order valence-electron chi connectivity index (χ1n) is 5.27. The molecule has 2 rings (SSSR count). The molecule has 0 radical (unpaired) electrons. The molecule has 0 aliphatic rings. The van der Waals surface area contributed by atoms with Crippen molar-refractivity contribution < 1.29 is 9.90 Å². The van der Waals surface area contributed by atoms with Gasteiger partial charge in [0, 0.05) is 23.4 Å². The molecule has 0 bridgehead atoms. The van der Waals surface area contributed by atoms with Crippen molar-refractivity contribution in [2.45, 2.75) is 10.1 Å². The third-order valence-corrected chi connectivity index (χ3v) is 4.24. The molecule has 5 heteroatoms. The lowest BCUT2D eigenvalue weighted by atomic mass is 10.1. The number of carboxylic acids is 1. The van der Waals surface area contributed by atoms with Crippen molar-refractivity contribution in [1.29, 1.82) is 0 Å². The van der Waals surface area contributed by atoms with E-state index in [0.29, 0.717) is 0 Å². The van der Waals surface area contributed by atoms with Crippen LogP contribution in [0, 0.1) is 0 Å².